The summed E-state index contributed by atoms with van der Waals surface area (Å²) in [4.78, 5) is 64.4. The number of nitrogens with one attached hydrogen (secondary N) is 3. The predicted octanol–water partition coefficient (Wildman–Crippen LogP) is 2.80. The lowest BCUT2D eigenvalue weighted by Crippen LogP contribution is -2.61. The molecule has 4 amide bonds. The number of carbonyl (C=O) groups is 5. The number of Topliss-reactive ketones (excluding diaryl/α,β-unsaturated/α-hetero) is 1. The van der Waals surface area contributed by atoms with Crippen LogP contribution in [0.5, 0.6) is 0 Å². The molecule has 0 spiro atoms. The lowest BCUT2D eigenvalue weighted by Gasteiger charge is -2.41. The number of carboxylic acid groups (broad SMARTS) is 1. The first kappa shape index (κ1) is 32.7. The summed E-state index contributed by atoms with van der Waals surface area (Å²) in [7, 11) is 0. The van der Waals surface area contributed by atoms with Crippen molar-refractivity contribution in [2.45, 2.75) is 88.1 Å². The van der Waals surface area contributed by atoms with Crippen molar-refractivity contribution in [2.24, 2.45) is 5.92 Å². The number of ketones is 1. The molecule has 2 fully saturated rings. The zero-order chi connectivity index (χ0) is 31.2. The monoisotopic (exact) mass is 604 g/mol. The van der Waals surface area contributed by atoms with Gasteiger partial charge in [-0.3, -0.25) is 19.2 Å². The van der Waals surface area contributed by atoms with Gasteiger partial charge in [0.25, 0.3) is 5.91 Å². The number of benzene rings is 1. The Hall–Kier alpha value is -3.78. The minimum Gasteiger partial charge on any atom is -0.465 e. The molecule has 1 saturated carbocycles. The third-order valence-electron chi connectivity index (χ3n) is 7.17. The van der Waals surface area contributed by atoms with Crippen LogP contribution in [0.4, 0.5) is 26.7 Å². The summed E-state index contributed by atoms with van der Waals surface area (Å²) in [6, 6.07) is 2.82. The Bertz CT molecular complexity index is 1160. The lowest BCUT2D eigenvalue weighted by molar-refractivity contribution is -0.192. The second kappa shape index (κ2) is 13.5. The number of nitrogens with zero attached hydrogens (tertiary/aromatic N) is 1. The Balaban J connectivity index is 1.87. The molecule has 1 aromatic rings. The van der Waals surface area contributed by atoms with E-state index in [0.717, 1.165) is 4.90 Å². The number of likely N-dealkylation sites (tertiary alicyclic amines) is 1. The van der Waals surface area contributed by atoms with Crippen LogP contribution in [-0.4, -0.2) is 82.4 Å². The number of hydrogen-bond donors (Lipinski definition) is 4. The molecule has 0 radical (unpaired) electrons. The second-order valence-corrected chi connectivity index (χ2v) is 10.8. The van der Waals surface area contributed by atoms with Gasteiger partial charge in [0, 0.05) is 25.4 Å². The maximum absolute atomic E-state index is 13.7. The summed E-state index contributed by atoms with van der Waals surface area (Å²) in [6.45, 7) is -0.0000849. The summed E-state index contributed by atoms with van der Waals surface area (Å²) in [5, 5.41) is 15.9. The van der Waals surface area contributed by atoms with E-state index in [1.165, 1.54) is 0 Å². The van der Waals surface area contributed by atoms with E-state index in [0.29, 0.717) is 25.3 Å². The van der Waals surface area contributed by atoms with Crippen molar-refractivity contribution in [3.05, 3.63) is 35.9 Å². The number of piperidine rings is 1. The maximum atomic E-state index is 13.7. The first-order chi connectivity index (χ1) is 19.5. The Morgan fingerprint density at radius 3 is 2.17 bits per heavy atom. The molecular formula is C27H33F5N4O6. The molecule has 10 nitrogen and oxygen atoms in total. The van der Waals surface area contributed by atoms with Crippen LogP contribution in [0.1, 0.15) is 51.0 Å². The van der Waals surface area contributed by atoms with Crippen LogP contribution in [0, 0.1) is 5.92 Å². The van der Waals surface area contributed by atoms with Crippen LogP contribution in [0.15, 0.2) is 30.3 Å². The molecule has 0 aromatic heterocycles. The summed E-state index contributed by atoms with van der Waals surface area (Å²) < 4.78 is 68.3. The molecule has 4 atom stereocenters. The molecule has 1 heterocycles. The molecule has 1 saturated heterocycles. The third-order valence-corrected chi connectivity index (χ3v) is 7.17. The largest absolute Gasteiger partial charge is 0.465 e. The Kier molecular flexibility index (Phi) is 10.5. The normalized spacial score (nSPS) is 20.7. The molecule has 15 heteroatoms. The van der Waals surface area contributed by atoms with E-state index in [2.05, 4.69) is 10.6 Å². The van der Waals surface area contributed by atoms with E-state index in [9.17, 15) is 51.0 Å². The molecular weight excluding hydrogens is 571 g/mol. The molecule has 2 aliphatic rings. The fraction of sp³-hybridized carbons (Fsp3) is 0.593. The fourth-order valence-electron chi connectivity index (χ4n) is 4.75. The maximum Gasteiger partial charge on any atom is 0.405 e. The molecule has 0 bridgehead atoms. The zero-order valence-corrected chi connectivity index (χ0v) is 22.8. The van der Waals surface area contributed by atoms with Gasteiger partial charge < -0.3 is 26.0 Å². The number of hydrogen-bond acceptors (Lipinski definition) is 5. The van der Waals surface area contributed by atoms with Crippen molar-refractivity contribution in [3.8, 4) is 0 Å². The fourth-order valence-corrected chi connectivity index (χ4v) is 4.75. The van der Waals surface area contributed by atoms with Crippen molar-refractivity contribution in [1.82, 2.24) is 20.9 Å². The lowest BCUT2D eigenvalue weighted by atomic mass is 9.88. The van der Waals surface area contributed by atoms with Crippen LogP contribution in [-0.2, 0) is 25.6 Å². The van der Waals surface area contributed by atoms with E-state index >= 15 is 0 Å². The van der Waals surface area contributed by atoms with Gasteiger partial charge in [0.1, 0.15) is 12.1 Å². The minimum atomic E-state index is -4.74. The average molecular weight is 605 g/mol. The predicted molar refractivity (Wildman–Crippen MR) is 137 cm³/mol. The van der Waals surface area contributed by atoms with Gasteiger partial charge in [-0.05, 0) is 44.6 Å². The molecule has 42 heavy (non-hydrogen) atoms. The second-order valence-electron chi connectivity index (χ2n) is 10.8. The summed E-state index contributed by atoms with van der Waals surface area (Å²) >= 11 is 0. The van der Waals surface area contributed by atoms with Crippen molar-refractivity contribution < 1.29 is 51.0 Å². The van der Waals surface area contributed by atoms with Gasteiger partial charge >= 0.3 is 12.3 Å². The Morgan fingerprint density at radius 1 is 0.976 bits per heavy atom. The van der Waals surface area contributed by atoms with Crippen LogP contribution >= 0.6 is 0 Å². The van der Waals surface area contributed by atoms with Gasteiger partial charge in [0.05, 0.1) is 12.0 Å². The zero-order valence-electron chi connectivity index (χ0n) is 22.8. The van der Waals surface area contributed by atoms with Gasteiger partial charge in [0.2, 0.25) is 23.5 Å². The van der Waals surface area contributed by atoms with Gasteiger partial charge in [-0.2, -0.15) is 13.2 Å². The van der Waals surface area contributed by atoms with E-state index < -0.39 is 98.0 Å². The first-order valence-corrected chi connectivity index (χ1v) is 13.5. The SMILES string of the molecule is CC(F)(F)CCC(NC(=O)[C@@H]1C[C@H](C(F)(F)F)CCN1C(=O)C(Cc1ccccc1)NC(=O)O)C(=O)C(=O)NC1CC1. The molecule has 232 valence electrons. The van der Waals surface area contributed by atoms with Crippen molar-refractivity contribution in [3.63, 3.8) is 0 Å². The van der Waals surface area contributed by atoms with Gasteiger partial charge in [-0.1, -0.05) is 30.3 Å². The van der Waals surface area contributed by atoms with Gasteiger partial charge in [-0.25, -0.2) is 13.6 Å². The summed E-state index contributed by atoms with van der Waals surface area (Å²) in [5.41, 5.74) is 0.531. The van der Waals surface area contributed by atoms with Gasteiger partial charge in [0.15, 0.2) is 0 Å². The number of rotatable bonds is 12. The number of alkyl halides is 5. The van der Waals surface area contributed by atoms with Crippen molar-refractivity contribution in [1.29, 1.82) is 0 Å². The standard InChI is InChI=1S/C27H33F5N4O6/c1-26(28,29)11-9-18(21(37)23(39)33-17-7-8-17)34-22(38)20-14-16(27(30,31)32)10-12-36(20)24(40)19(35-25(41)42)13-15-5-3-2-4-6-15/h2-6,16-20,35H,7-14H2,1H3,(H,33,39)(H,34,38)(H,41,42)/t16-,18?,19?,20+/m1/s1. The molecule has 1 aliphatic carbocycles. The van der Waals surface area contributed by atoms with Crippen molar-refractivity contribution >= 4 is 29.6 Å². The van der Waals surface area contributed by atoms with Crippen molar-refractivity contribution in [2.75, 3.05) is 6.54 Å². The van der Waals surface area contributed by atoms with Gasteiger partial charge in [-0.15, -0.1) is 0 Å². The number of amides is 4. The van der Waals surface area contributed by atoms with E-state index in [1.54, 1.807) is 30.3 Å². The van der Waals surface area contributed by atoms with Crippen LogP contribution in [0.3, 0.4) is 0 Å². The smallest absolute Gasteiger partial charge is 0.405 e. The highest BCUT2D eigenvalue weighted by atomic mass is 19.4. The molecule has 3 rings (SSSR count). The van der Waals surface area contributed by atoms with E-state index in [1.807, 2.05) is 5.32 Å². The van der Waals surface area contributed by atoms with Crippen LogP contribution < -0.4 is 16.0 Å². The Morgan fingerprint density at radius 2 is 1.62 bits per heavy atom. The van der Waals surface area contributed by atoms with E-state index in [4.69, 9.17) is 0 Å². The first-order valence-electron chi connectivity index (χ1n) is 13.5. The topological polar surface area (TPSA) is 145 Å². The number of carbonyl (C=O) groups excluding carboxylic acids is 4. The summed E-state index contributed by atoms with van der Waals surface area (Å²) in [5.74, 6) is -9.88. The molecule has 4 N–H and O–H groups in total. The average Bonchev–Trinajstić information content (AvgIpc) is 3.72. The highest BCUT2D eigenvalue weighted by molar-refractivity contribution is 6.38. The minimum absolute atomic E-state index is 0.173. The summed E-state index contributed by atoms with van der Waals surface area (Å²) in [6.07, 6.45) is -8.36. The highest BCUT2D eigenvalue weighted by Crippen LogP contribution is 2.37. The van der Waals surface area contributed by atoms with Crippen LogP contribution in [0.25, 0.3) is 0 Å². The molecule has 1 aliphatic heterocycles. The highest BCUT2D eigenvalue weighted by Gasteiger charge is 2.48. The quantitative estimate of drug-likeness (QED) is 0.213. The molecule has 2 unspecified atom stereocenters. The third kappa shape index (κ3) is 9.65. The van der Waals surface area contributed by atoms with Crippen LogP contribution in [0.2, 0.25) is 0 Å². The van der Waals surface area contributed by atoms with E-state index in [-0.39, 0.29) is 12.5 Å². The molecule has 1 aromatic carbocycles. The Labute approximate surface area is 238 Å². The number of halogens is 5.